The van der Waals surface area contributed by atoms with Gasteiger partial charge in [-0.05, 0) is 45.4 Å². The van der Waals surface area contributed by atoms with E-state index in [1.165, 1.54) is 24.8 Å². The number of nitrogens with two attached hydrogens (primary N) is 1. The summed E-state index contributed by atoms with van der Waals surface area (Å²) in [4.78, 5) is 25.5. The second kappa shape index (κ2) is 6.22. The fourth-order valence-electron chi connectivity index (χ4n) is 3.05. The van der Waals surface area contributed by atoms with Crippen LogP contribution in [0.15, 0.2) is 11.6 Å². The Bertz CT molecular complexity index is 382. The lowest BCUT2D eigenvalue weighted by atomic mass is 9.91. The number of piperidine rings is 1. The van der Waals surface area contributed by atoms with Gasteiger partial charge >= 0.3 is 0 Å². The predicted molar refractivity (Wildman–Crippen MR) is 74.3 cm³/mol. The van der Waals surface area contributed by atoms with Gasteiger partial charge in [0.05, 0.1) is 5.92 Å². The summed E-state index contributed by atoms with van der Waals surface area (Å²) in [5.41, 5.74) is 6.64. The lowest BCUT2D eigenvalue weighted by Crippen LogP contribution is -2.48. The number of hydrogen-bond acceptors (Lipinski definition) is 2. The van der Waals surface area contributed by atoms with Gasteiger partial charge in [-0.1, -0.05) is 12.0 Å². The van der Waals surface area contributed by atoms with Crippen molar-refractivity contribution in [1.29, 1.82) is 0 Å². The smallest absolute Gasteiger partial charge is 0.246 e. The summed E-state index contributed by atoms with van der Waals surface area (Å²) in [5.74, 6) is -0.393. The van der Waals surface area contributed by atoms with Crippen LogP contribution in [-0.2, 0) is 9.59 Å². The Labute approximate surface area is 115 Å². The molecule has 2 rings (SSSR count). The fourth-order valence-corrected chi connectivity index (χ4v) is 3.05. The first-order valence-electron chi connectivity index (χ1n) is 7.37. The zero-order valence-electron chi connectivity index (χ0n) is 11.7. The molecule has 0 aromatic rings. The number of allylic oxidation sites excluding steroid dienone is 1. The molecule has 2 N–H and O–H groups in total. The number of carbonyl (C=O) groups excluding carboxylic acids is 2. The van der Waals surface area contributed by atoms with Crippen LogP contribution in [0.25, 0.3) is 0 Å². The summed E-state index contributed by atoms with van der Waals surface area (Å²) < 4.78 is 0. The van der Waals surface area contributed by atoms with Gasteiger partial charge in [-0.25, -0.2) is 0 Å². The van der Waals surface area contributed by atoms with Crippen LogP contribution < -0.4 is 5.73 Å². The number of rotatable bonds is 2. The highest BCUT2D eigenvalue weighted by molar-refractivity contribution is 5.89. The molecule has 1 aliphatic carbocycles. The van der Waals surface area contributed by atoms with Crippen molar-refractivity contribution >= 4 is 11.8 Å². The van der Waals surface area contributed by atoms with Crippen molar-refractivity contribution in [3.05, 3.63) is 11.6 Å². The SMILES string of the molecule is C[C@H]1CC[C@H](C(N)=O)CN1C(=O)C=C1CCCCC1. The molecule has 0 radical (unpaired) electrons. The van der Waals surface area contributed by atoms with Gasteiger partial charge in [0.2, 0.25) is 11.8 Å². The Kier molecular flexibility index (Phi) is 4.61. The van der Waals surface area contributed by atoms with Gasteiger partial charge in [-0.2, -0.15) is 0 Å². The van der Waals surface area contributed by atoms with Crippen LogP contribution in [0.2, 0.25) is 0 Å². The summed E-state index contributed by atoms with van der Waals surface area (Å²) in [5, 5.41) is 0. The van der Waals surface area contributed by atoms with E-state index in [0.29, 0.717) is 6.54 Å². The predicted octanol–water partition coefficient (Wildman–Crippen LogP) is 1.99. The maximum Gasteiger partial charge on any atom is 0.246 e. The Balaban J connectivity index is 2.01. The van der Waals surface area contributed by atoms with E-state index in [9.17, 15) is 9.59 Å². The minimum atomic E-state index is -0.282. The molecule has 1 saturated carbocycles. The van der Waals surface area contributed by atoms with Crippen LogP contribution in [-0.4, -0.2) is 29.3 Å². The molecule has 1 saturated heterocycles. The van der Waals surface area contributed by atoms with Gasteiger partial charge in [0, 0.05) is 18.7 Å². The maximum absolute atomic E-state index is 12.3. The van der Waals surface area contributed by atoms with Crippen LogP contribution in [0.5, 0.6) is 0 Å². The largest absolute Gasteiger partial charge is 0.369 e. The summed E-state index contributed by atoms with van der Waals surface area (Å²) >= 11 is 0. The Morgan fingerprint density at radius 2 is 1.89 bits per heavy atom. The van der Waals surface area contributed by atoms with Crippen LogP contribution in [0.3, 0.4) is 0 Å². The second-order valence-electron chi connectivity index (χ2n) is 5.88. The van der Waals surface area contributed by atoms with Crippen molar-refractivity contribution in [2.75, 3.05) is 6.54 Å². The molecule has 0 aromatic heterocycles. The third-order valence-corrected chi connectivity index (χ3v) is 4.39. The topological polar surface area (TPSA) is 63.4 Å². The van der Waals surface area contributed by atoms with E-state index in [-0.39, 0.29) is 23.8 Å². The zero-order chi connectivity index (χ0) is 13.8. The average Bonchev–Trinajstić information content (AvgIpc) is 2.40. The van der Waals surface area contributed by atoms with Crippen molar-refractivity contribution in [2.45, 2.75) is 57.9 Å². The lowest BCUT2D eigenvalue weighted by Gasteiger charge is -2.36. The Morgan fingerprint density at radius 3 is 2.53 bits per heavy atom. The highest BCUT2D eigenvalue weighted by Crippen LogP contribution is 2.25. The van der Waals surface area contributed by atoms with Gasteiger partial charge in [0.1, 0.15) is 0 Å². The van der Waals surface area contributed by atoms with Crippen molar-refractivity contribution < 1.29 is 9.59 Å². The summed E-state index contributed by atoms with van der Waals surface area (Å²) in [6, 6.07) is 0.212. The number of carbonyl (C=O) groups is 2. The number of nitrogens with zero attached hydrogens (tertiary/aromatic N) is 1. The first-order valence-corrected chi connectivity index (χ1v) is 7.37. The number of hydrogen-bond donors (Lipinski definition) is 1. The standard InChI is InChI=1S/C15H24N2O2/c1-11-7-8-13(15(16)19)10-17(11)14(18)9-12-5-3-2-4-6-12/h9,11,13H,2-8,10H2,1H3,(H2,16,19)/t11-,13-/m0/s1. The van der Waals surface area contributed by atoms with Crippen molar-refractivity contribution in [2.24, 2.45) is 11.7 Å². The summed E-state index contributed by atoms with van der Waals surface area (Å²) in [6.45, 7) is 2.54. The fraction of sp³-hybridized carbons (Fsp3) is 0.733. The first-order chi connectivity index (χ1) is 9.08. The lowest BCUT2D eigenvalue weighted by molar-refractivity contribution is -0.133. The summed E-state index contributed by atoms with van der Waals surface area (Å²) in [7, 11) is 0. The molecule has 106 valence electrons. The number of likely N-dealkylation sites (tertiary alicyclic amines) is 1. The average molecular weight is 264 g/mol. The van der Waals surface area contributed by atoms with E-state index < -0.39 is 0 Å². The number of primary amides is 1. The second-order valence-corrected chi connectivity index (χ2v) is 5.88. The molecule has 2 aliphatic rings. The van der Waals surface area contributed by atoms with E-state index in [0.717, 1.165) is 25.7 Å². The minimum Gasteiger partial charge on any atom is -0.369 e. The number of amides is 2. The van der Waals surface area contributed by atoms with Gasteiger partial charge in [0.15, 0.2) is 0 Å². The van der Waals surface area contributed by atoms with Crippen molar-refractivity contribution in [3.63, 3.8) is 0 Å². The van der Waals surface area contributed by atoms with Crippen molar-refractivity contribution in [1.82, 2.24) is 4.90 Å². The molecule has 2 fully saturated rings. The van der Waals surface area contributed by atoms with Crippen LogP contribution in [0, 0.1) is 5.92 Å². The first kappa shape index (κ1) is 14.1. The third kappa shape index (κ3) is 3.58. The van der Waals surface area contributed by atoms with Crippen LogP contribution in [0.1, 0.15) is 51.9 Å². The molecular weight excluding hydrogens is 240 g/mol. The van der Waals surface area contributed by atoms with E-state index in [1.807, 2.05) is 4.90 Å². The molecule has 0 bridgehead atoms. The monoisotopic (exact) mass is 264 g/mol. The molecule has 19 heavy (non-hydrogen) atoms. The molecule has 0 aromatic carbocycles. The van der Waals surface area contributed by atoms with Gasteiger partial charge in [-0.15, -0.1) is 0 Å². The molecule has 4 heteroatoms. The van der Waals surface area contributed by atoms with Crippen LogP contribution >= 0.6 is 0 Å². The Morgan fingerprint density at radius 1 is 1.21 bits per heavy atom. The third-order valence-electron chi connectivity index (χ3n) is 4.39. The normalized spacial score (nSPS) is 28.1. The Hall–Kier alpha value is -1.32. The van der Waals surface area contributed by atoms with E-state index in [1.54, 1.807) is 6.08 Å². The highest BCUT2D eigenvalue weighted by Gasteiger charge is 2.30. The molecule has 1 heterocycles. The highest BCUT2D eigenvalue weighted by atomic mass is 16.2. The maximum atomic E-state index is 12.3. The minimum absolute atomic E-state index is 0.0651. The molecule has 0 unspecified atom stereocenters. The molecule has 4 nitrogen and oxygen atoms in total. The van der Waals surface area contributed by atoms with E-state index in [4.69, 9.17) is 5.73 Å². The molecule has 1 aliphatic heterocycles. The van der Waals surface area contributed by atoms with Gasteiger partial charge in [-0.3, -0.25) is 9.59 Å². The van der Waals surface area contributed by atoms with Gasteiger partial charge < -0.3 is 10.6 Å². The van der Waals surface area contributed by atoms with E-state index in [2.05, 4.69) is 6.92 Å². The zero-order valence-corrected chi connectivity index (χ0v) is 11.7. The van der Waals surface area contributed by atoms with Crippen molar-refractivity contribution in [3.8, 4) is 0 Å². The summed E-state index contributed by atoms with van der Waals surface area (Å²) in [6.07, 6.45) is 9.23. The quantitative estimate of drug-likeness (QED) is 0.775. The molecule has 2 atom stereocenters. The molecule has 2 amide bonds. The van der Waals surface area contributed by atoms with Gasteiger partial charge in [0.25, 0.3) is 0 Å². The molecule has 0 spiro atoms. The van der Waals surface area contributed by atoms with Crippen LogP contribution in [0.4, 0.5) is 0 Å². The van der Waals surface area contributed by atoms with E-state index >= 15 is 0 Å². The molecular formula is C15H24N2O2.